The Labute approximate surface area is 93.1 Å². The molecule has 5 nitrogen and oxygen atoms in total. The lowest BCUT2D eigenvalue weighted by atomic mass is 10.0. The summed E-state index contributed by atoms with van der Waals surface area (Å²) in [4.78, 5) is 0. The van der Waals surface area contributed by atoms with Crippen molar-refractivity contribution in [2.75, 3.05) is 6.61 Å². The van der Waals surface area contributed by atoms with Crippen molar-refractivity contribution in [2.24, 2.45) is 0 Å². The summed E-state index contributed by atoms with van der Waals surface area (Å²) < 4.78 is 5.29. The first-order valence-corrected chi connectivity index (χ1v) is 5.87. The summed E-state index contributed by atoms with van der Waals surface area (Å²) in [5.74, 6) is 0. The average Bonchev–Trinajstić information content (AvgIpc) is 2.18. The summed E-state index contributed by atoms with van der Waals surface area (Å²) in [7, 11) is 0. The van der Waals surface area contributed by atoms with E-state index in [-0.39, 0.29) is 11.9 Å². The molecule has 1 heterocycles. The topological polar surface area (TPSA) is 90.2 Å². The third-order valence-electron chi connectivity index (χ3n) is 2.25. The fourth-order valence-corrected chi connectivity index (χ4v) is 2.51. The molecule has 4 N–H and O–H groups in total. The van der Waals surface area contributed by atoms with Gasteiger partial charge in [0.1, 0.15) is 29.9 Å². The number of aliphatic hydroxyl groups is 4. The SMILES string of the molecule is CC(C)S[C@@H]1OC(CO)[C@H](O)C(O)[C@@H]1O. The fraction of sp³-hybridized carbons (Fsp3) is 1.00. The number of thioether (sulfide) groups is 1. The van der Waals surface area contributed by atoms with Gasteiger partial charge in [-0.05, 0) is 0 Å². The lowest BCUT2D eigenvalue weighted by Crippen LogP contribution is -2.57. The second kappa shape index (κ2) is 5.47. The van der Waals surface area contributed by atoms with Crippen molar-refractivity contribution in [1.82, 2.24) is 0 Å². The van der Waals surface area contributed by atoms with Gasteiger partial charge in [-0.3, -0.25) is 0 Å². The molecule has 1 aliphatic heterocycles. The van der Waals surface area contributed by atoms with Crippen LogP contribution in [0.15, 0.2) is 0 Å². The molecule has 0 radical (unpaired) electrons. The monoisotopic (exact) mass is 238 g/mol. The Balaban J connectivity index is 2.65. The maximum absolute atomic E-state index is 9.63. The highest BCUT2D eigenvalue weighted by atomic mass is 32.2. The van der Waals surface area contributed by atoms with Gasteiger partial charge < -0.3 is 25.2 Å². The molecule has 0 spiro atoms. The molecule has 1 fully saturated rings. The number of hydrogen-bond donors (Lipinski definition) is 4. The molecule has 0 aromatic rings. The third kappa shape index (κ3) is 3.05. The van der Waals surface area contributed by atoms with Gasteiger partial charge in [0.2, 0.25) is 0 Å². The fourth-order valence-electron chi connectivity index (χ4n) is 1.45. The maximum Gasteiger partial charge on any atom is 0.132 e. The third-order valence-corrected chi connectivity index (χ3v) is 3.46. The van der Waals surface area contributed by atoms with Gasteiger partial charge >= 0.3 is 0 Å². The Bertz CT molecular complexity index is 199. The van der Waals surface area contributed by atoms with Crippen LogP contribution in [0.5, 0.6) is 0 Å². The first-order valence-electron chi connectivity index (χ1n) is 4.93. The molecular weight excluding hydrogens is 220 g/mol. The Hall–Kier alpha value is 0.150. The van der Waals surface area contributed by atoms with Gasteiger partial charge in [-0.2, -0.15) is 0 Å². The van der Waals surface area contributed by atoms with Crippen molar-refractivity contribution in [1.29, 1.82) is 0 Å². The minimum absolute atomic E-state index is 0.228. The van der Waals surface area contributed by atoms with E-state index in [1.165, 1.54) is 11.8 Å². The molecule has 0 amide bonds. The van der Waals surface area contributed by atoms with Gasteiger partial charge in [0.15, 0.2) is 0 Å². The van der Waals surface area contributed by atoms with Gasteiger partial charge in [0.05, 0.1) is 6.61 Å². The molecule has 0 aliphatic carbocycles. The summed E-state index contributed by atoms with van der Waals surface area (Å²) >= 11 is 1.35. The van der Waals surface area contributed by atoms with Crippen LogP contribution in [-0.2, 0) is 4.74 Å². The average molecular weight is 238 g/mol. The summed E-state index contributed by atoms with van der Waals surface area (Å²) in [6, 6.07) is 0. The van der Waals surface area contributed by atoms with E-state index < -0.39 is 29.9 Å². The summed E-state index contributed by atoms with van der Waals surface area (Å²) in [5.41, 5.74) is -0.611. The van der Waals surface area contributed by atoms with Crippen LogP contribution in [-0.4, -0.2) is 62.1 Å². The van der Waals surface area contributed by atoms with Gasteiger partial charge in [-0.1, -0.05) is 13.8 Å². The number of ether oxygens (including phenoxy) is 1. The molecule has 0 aromatic carbocycles. The van der Waals surface area contributed by atoms with Crippen molar-refractivity contribution in [2.45, 2.75) is 48.9 Å². The number of hydrogen-bond acceptors (Lipinski definition) is 6. The van der Waals surface area contributed by atoms with Crippen LogP contribution in [0.25, 0.3) is 0 Å². The van der Waals surface area contributed by atoms with Crippen molar-refractivity contribution in [3.05, 3.63) is 0 Å². The van der Waals surface area contributed by atoms with Gasteiger partial charge in [-0.15, -0.1) is 11.8 Å². The molecule has 0 aromatic heterocycles. The van der Waals surface area contributed by atoms with Crippen molar-refractivity contribution < 1.29 is 25.2 Å². The molecule has 1 saturated heterocycles. The van der Waals surface area contributed by atoms with E-state index in [2.05, 4.69) is 0 Å². The highest BCUT2D eigenvalue weighted by Crippen LogP contribution is 2.30. The van der Waals surface area contributed by atoms with E-state index >= 15 is 0 Å². The van der Waals surface area contributed by atoms with E-state index in [9.17, 15) is 15.3 Å². The minimum Gasteiger partial charge on any atom is -0.394 e. The van der Waals surface area contributed by atoms with Gasteiger partial charge in [0, 0.05) is 5.25 Å². The van der Waals surface area contributed by atoms with Gasteiger partial charge in [0.25, 0.3) is 0 Å². The molecule has 15 heavy (non-hydrogen) atoms. The Morgan fingerprint density at radius 1 is 1.13 bits per heavy atom. The van der Waals surface area contributed by atoms with Crippen LogP contribution >= 0.6 is 11.8 Å². The predicted molar refractivity (Wildman–Crippen MR) is 56.5 cm³/mol. The van der Waals surface area contributed by atoms with E-state index in [1.54, 1.807) is 0 Å². The maximum atomic E-state index is 9.63. The molecule has 6 heteroatoms. The second-order valence-corrected chi connectivity index (χ2v) is 5.56. The first-order chi connectivity index (χ1) is 6.97. The van der Waals surface area contributed by atoms with Crippen LogP contribution in [0, 0.1) is 0 Å². The molecule has 90 valence electrons. The molecular formula is C9H18O5S. The van der Waals surface area contributed by atoms with Crippen LogP contribution in [0.4, 0.5) is 0 Å². The van der Waals surface area contributed by atoms with Crippen LogP contribution in [0.3, 0.4) is 0 Å². The Morgan fingerprint density at radius 3 is 2.20 bits per heavy atom. The predicted octanol–water partition coefficient (Wildman–Crippen LogP) is -1.07. The highest BCUT2D eigenvalue weighted by molar-refractivity contribution is 8.00. The highest BCUT2D eigenvalue weighted by Gasteiger charge is 2.43. The molecule has 0 bridgehead atoms. The lowest BCUT2D eigenvalue weighted by Gasteiger charge is -2.40. The van der Waals surface area contributed by atoms with Crippen molar-refractivity contribution in [3.8, 4) is 0 Å². The van der Waals surface area contributed by atoms with Crippen LogP contribution in [0.1, 0.15) is 13.8 Å². The molecule has 0 saturated carbocycles. The zero-order valence-corrected chi connectivity index (χ0v) is 9.59. The zero-order chi connectivity index (χ0) is 11.6. The molecule has 1 aliphatic rings. The normalized spacial score (nSPS) is 42.2. The first kappa shape index (κ1) is 13.2. The van der Waals surface area contributed by atoms with E-state index in [0.29, 0.717) is 0 Å². The number of rotatable bonds is 3. The molecule has 5 atom stereocenters. The Morgan fingerprint density at radius 2 is 1.73 bits per heavy atom. The zero-order valence-electron chi connectivity index (χ0n) is 8.78. The van der Waals surface area contributed by atoms with Crippen molar-refractivity contribution in [3.63, 3.8) is 0 Å². The van der Waals surface area contributed by atoms with E-state index in [1.807, 2.05) is 13.8 Å². The smallest absolute Gasteiger partial charge is 0.132 e. The second-order valence-electron chi connectivity index (χ2n) is 3.88. The summed E-state index contributed by atoms with van der Waals surface area (Å²) in [6.45, 7) is 3.50. The van der Waals surface area contributed by atoms with Gasteiger partial charge in [-0.25, -0.2) is 0 Å². The van der Waals surface area contributed by atoms with Crippen LogP contribution < -0.4 is 0 Å². The quantitative estimate of drug-likeness (QED) is 0.500. The van der Waals surface area contributed by atoms with Crippen molar-refractivity contribution >= 4 is 11.8 Å². The van der Waals surface area contributed by atoms with E-state index in [4.69, 9.17) is 9.84 Å². The van der Waals surface area contributed by atoms with E-state index in [0.717, 1.165) is 0 Å². The minimum atomic E-state index is -1.27. The Kier molecular flexibility index (Phi) is 4.82. The summed E-state index contributed by atoms with van der Waals surface area (Å²) in [6.07, 6.45) is -4.48. The van der Waals surface area contributed by atoms with Crippen LogP contribution in [0.2, 0.25) is 0 Å². The number of aliphatic hydroxyl groups excluding tert-OH is 4. The standard InChI is InChI=1S/C9H18O5S/c1-4(2)15-9-8(13)7(12)6(11)5(3-10)14-9/h4-13H,3H2,1-2H3/t5?,6-,7?,8-,9-/m0/s1. The largest absolute Gasteiger partial charge is 0.394 e. The lowest BCUT2D eigenvalue weighted by molar-refractivity contribution is -0.205. The summed E-state index contributed by atoms with van der Waals surface area (Å²) in [5, 5.41) is 37.8. The molecule has 2 unspecified atom stereocenters. The molecule has 1 rings (SSSR count).